The zero-order chi connectivity index (χ0) is 15.1. The van der Waals surface area contributed by atoms with Crippen molar-refractivity contribution >= 4 is 17.5 Å². The highest BCUT2D eigenvalue weighted by Gasteiger charge is 2.34. The van der Waals surface area contributed by atoms with E-state index in [-0.39, 0.29) is 30.0 Å². The number of oxime groups is 1. The lowest BCUT2D eigenvalue weighted by atomic mass is 9.84. The molecule has 0 aromatic heterocycles. The maximum atomic E-state index is 12.2. The molecule has 1 N–H and O–H groups in total. The van der Waals surface area contributed by atoms with Crippen LogP contribution < -0.4 is 0 Å². The Morgan fingerprint density at radius 2 is 2.10 bits per heavy atom. The lowest BCUT2D eigenvalue weighted by Gasteiger charge is -2.22. The van der Waals surface area contributed by atoms with E-state index in [1.807, 2.05) is 6.92 Å². The van der Waals surface area contributed by atoms with Gasteiger partial charge in [-0.3, -0.25) is 9.59 Å². The molecule has 20 heavy (non-hydrogen) atoms. The molecule has 6 nitrogen and oxygen atoms in total. The third-order valence-electron chi connectivity index (χ3n) is 3.05. The monoisotopic (exact) mass is 283 g/mol. The summed E-state index contributed by atoms with van der Waals surface area (Å²) in [7, 11) is 1.27. The average molecular weight is 283 g/mol. The number of rotatable bonds is 6. The molecule has 0 aromatic rings. The van der Waals surface area contributed by atoms with Crippen LogP contribution in [0.3, 0.4) is 0 Å². The predicted molar refractivity (Wildman–Crippen MR) is 73.4 cm³/mol. The smallest absolute Gasteiger partial charge is 0.309 e. The lowest BCUT2D eigenvalue weighted by molar-refractivity contribution is -0.147. The molecule has 0 radical (unpaired) electrons. The number of Topliss-reactive ketones (excluding diaryl/α,β-unsaturated/α-hetero) is 1. The van der Waals surface area contributed by atoms with Crippen molar-refractivity contribution in [2.24, 2.45) is 11.1 Å². The first-order valence-electron chi connectivity index (χ1n) is 6.77. The minimum Gasteiger partial charge on any atom is -0.511 e. The van der Waals surface area contributed by atoms with Crippen LogP contribution in [0.4, 0.5) is 0 Å². The summed E-state index contributed by atoms with van der Waals surface area (Å²) >= 11 is 0. The number of nitrogens with zero attached hydrogens (tertiary/aromatic N) is 1. The largest absolute Gasteiger partial charge is 0.511 e. The summed E-state index contributed by atoms with van der Waals surface area (Å²) in [4.78, 5) is 28.6. The van der Waals surface area contributed by atoms with E-state index in [2.05, 4.69) is 9.89 Å². The van der Waals surface area contributed by atoms with Crippen molar-refractivity contribution in [1.82, 2.24) is 0 Å². The molecule has 1 atom stereocenters. The van der Waals surface area contributed by atoms with E-state index >= 15 is 0 Å². The van der Waals surface area contributed by atoms with Crippen LogP contribution in [-0.2, 0) is 19.2 Å². The fraction of sp³-hybridized carbons (Fsp3) is 0.643. The molecule has 0 spiro atoms. The van der Waals surface area contributed by atoms with Crippen molar-refractivity contribution in [3.63, 3.8) is 0 Å². The molecule has 1 aliphatic carbocycles. The number of aliphatic hydroxyl groups excluding tert-OH is 1. The molecular weight excluding hydrogens is 262 g/mol. The molecule has 0 saturated heterocycles. The SMILES string of the molecule is CCCC(=NOCC)C1=C(O)CC(C(=O)OC)CC1=O. The number of hydrogen-bond acceptors (Lipinski definition) is 6. The summed E-state index contributed by atoms with van der Waals surface area (Å²) in [5.74, 6) is -1.51. The summed E-state index contributed by atoms with van der Waals surface area (Å²) < 4.78 is 4.61. The van der Waals surface area contributed by atoms with E-state index in [0.717, 1.165) is 6.42 Å². The second-order valence-corrected chi connectivity index (χ2v) is 4.58. The average Bonchev–Trinajstić information content (AvgIpc) is 2.42. The fourth-order valence-electron chi connectivity index (χ4n) is 2.15. The quantitative estimate of drug-likeness (QED) is 0.458. The molecule has 1 aliphatic rings. The summed E-state index contributed by atoms with van der Waals surface area (Å²) in [6.45, 7) is 4.13. The van der Waals surface area contributed by atoms with Crippen LogP contribution in [0, 0.1) is 5.92 Å². The van der Waals surface area contributed by atoms with Crippen LogP contribution in [0.2, 0.25) is 0 Å². The maximum absolute atomic E-state index is 12.2. The molecule has 6 heteroatoms. The number of carbonyl (C=O) groups excluding carboxylic acids is 2. The van der Waals surface area contributed by atoms with Gasteiger partial charge in [-0.15, -0.1) is 0 Å². The molecule has 0 aromatic carbocycles. The molecule has 0 heterocycles. The van der Waals surface area contributed by atoms with Gasteiger partial charge in [-0.25, -0.2) is 0 Å². The Morgan fingerprint density at radius 1 is 1.40 bits per heavy atom. The summed E-state index contributed by atoms with van der Waals surface area (Å²) in [6, 6.07) is 0. The molecule has 0 amide bonds. The highest BCUT2D eigenvalue weighted by molar-refractivity contribution is 6.23. The highest BCUT2D eigenvalue weighted by atomic mass is 16.6. The van der Waals surface area contributed by atoms with E-state index in [1.54, 1.807) is 6.92 Å². The zero-order valence-corrected chi connectivity index (χ0v) is 12.1. The first-order valence-corrected chi connectivity index (χ1v) is 6.77. The van der Waals surface area contributed by atoms with Gasteiger partial charge in [-0.1, -0.05) is 18.5 Å². The Hall–Kier alpha value is -1.85. The number of hydrogen-bond donors (Lipinski definition) is 1. The van der Waals surface area contributed by atoms with Crippen molar-refractivity contribution < 1.29 is 24.3 Å². The van der Waals surface area contributed by atoms with Crippen LogP contribution in [0.15, 0.2) is 16.5 Å². The van der Waals surface area contributed by atoms with Gasteiger partial charge in [0, 0.05) is 12.8 Å². The van der Waals surface area contributed by atoms with Gasteiger partial charge in [0.25, 0.3) is 0 Å². The van der Waals surface area contributed by atoms with Crippen LogP contribution in [-0.4, -0.2) is 36.3 Å². The van der Waals surface area contributed by atoms with Crippen LogP contribution >= 0.6 is 0 Å². The summed E-state index contributed by atoms with van der Waals surface area (Å²) in [5.41, 5.74) is 0.639. The second-order valence-electron chi connectivity index (χ2n) is 4.58. The summed E-state index contributed by atoms with van der Waals surface area (Å²) in [5, 5.41) is 14.0. The molecule has 1 unspecified atom stereocenters. The van der Waals surface area contributed by atoms with Crippen molar-refractivity contribution in [3.8, 4) is 0 Å². The second kappa shape index (κ2) is 7.67. The van der Waals surface area contributed by atoms with Crippen LogP contribution in [0.5, 0.6) is 0 Å². The molecule has 0 fully saturated rings. The van der Waals surface area contributed by atoms with Gasteiger partial charge in [-0.05, 0) is 13.3 Å². The minimum atomic E-state index is -0.619. The van der Waals surface area contributed by atoms with Crippen molar-refractivity contribution in [1.29, 1.82) is 0 Å². The van der Waals surface area contributed by atoms with Crippen LogP contribution in [0.25, 0.3) is 0 Å². The summed E-state index contributed by atoms with van der Waals surface area (Å²) in [6.07, 6.45) is 1.44. The number of ether oxygens (including phenoxy) is 1. The minimum absolute atomic E-state index is 0.0287. The molecule has 0 bridgehead atoms. The van der Waals surface area contributed by atoms with E-state index in [9.17, 15) is 14.7 Å². The number of aliphatic hydroxyl groups is 1. The topological polar surface area (TPSA) is 85.2 Å². The molecule has 112 valence electrons. The first kappa shape index (κ1) is 16.2. The van der Waals surface area contributed by atoms with Crippen LogP contribution in [0.1, 0.15) is 39.5 Å². The van der Waals surface area contributed by atoms with Gasteiger partial charge in [0.15, 0.2) is 5.78 Å². The molecule has 0 saturated carbocycles. The number of ketones is 1. The lowest BCUT2D eigenvalue weighted by Crippen LogP contribution is -2.29. The van der Waals surface area contributed by atoms with Gasteiger partial charge < -0.3 is 14.7 Å². The Balaban J connectivity index is 3.02. The number of allylic oxidation sites excluding steroid dienone is 2. The van der Waals surface area contributed by atoms with E-state index in [4.69, 9.17) is 4.84 Å². The standard InChI is InChI=1S/C14H21NO5/c1-4-6-10(15-20-5-2)13-11(16)7-9(8-12(13)17)14(18)19-3/h9,16H,4-8H2,1-3H3. The third kappa shape index (κ3) is 3.82. The first-order chi connectivity index (χ1) is 9.54. The zero-order valence-electron chi connectivity index (χ0n) is 12.1. The van der Waals surface area contributed by atoms with E-state index < -0.39 is 11.9 Å². The van der Waals surface area contributed by atoms with Gasteiger partial charge in [0.1, 0.15) is 12.4 Å². The third-order valence-corrected chi connectivity index (χ3v) is 3.05. The Kier molecular flexibility index (Phi) is 6.21. The normalized spacial score (nSPS) is 20.1. The maximum Gasteiger partial charge on any atom is 0.309 e. The van der Waals surface area contributed by atoms with Crippen molar-refractivity contribution in [3.05, 3.63) is 11.3 Å². The predicted octanol–water partition coefficient (Wildman–Crippen LogP) is 2.14. The number of esters is 1. The van der Waals surface area contributed by atoms with Gasteiger partial charge in [0.05, 0.1) is 24.3 Å². The van der Waals surface area contributed by atoms with E-state index in [1.165, 1.54) is 7.11 Å². The Morgan fingerprint density at radius 3 is 2.60 bits per heavy atom. The molecular formula is C14H21NO5. The van der Waals surface area contributed by atoms with Crippen molar-refractivity contribution in [2.75, 3.05) is 13.7 Å². The van der Waals surface area contributed by atoms with E-state index in [0.29, 0.717) is 18.7 Å². The highest BCUT2D eigenvalue weighted by Crippen LogP contribution is 2.28. The molecule has 1 rings (SSSR count). The fourth-order valence-corrected chi connectivity index (χ4v) is 2.15. The Labute approximate surface area is 118 Å². The Bertz CT molecular complexity index is 439. The number of carbonyl (C=O) groups is 2. The van der Waals surface area contributed by atoms with Crippen molar-refractivity contribution in [2.45, 2.75) is 39.5 Å². The van der Waals surface area contributed by atoms with Gasteiger partial charge in [0.2, 0.25) is 0 Å². The van der Waals surface area contributed by atoms with Gasteiger partial charge in [-0.2, -0.15) is 0 Å². The van der Waals surface area contributed by atoms with Gasteiger partial charge >= 0.3 is 5.97 Å². The number of methoxy groups -OCH3 is 1. The molecule has 0 aliphatic heterocycles.